The molecule has 40 heavy (non-hydrogen) atoms. The van der Waals surface area contributed by atoms with Crippen molar-refractivity contribution in [3.05, 3.63) is 143 Å². The third-order valence-electron chi connectivity index (χ3n) is 6.08. The van der Waals surface area contributed by atoms with Gasteiger partial charge in [0, 0.05) is 11.8 Å². The number of nitrogens with zero attached hydrogens (tertiary/aromatic N) is 1. The van der Waals surface area contributed by atoms with E-state index in [4.69, 9.17) is 9.47 Å². The second kappa shape index (κ2) is 15.3. The van der Waals surface area contributed by atoms with Crippen molar-refractivity contribution in [1.29, 1.82) is 0 Å². The number of halogens is 3. The van der Waals surface area contributed by atoms with Gasteiger partial charge in [0.15, 0.2) is 0 Å². The lowest BCUT2D eigenvalue weighted by Crippen LogP contribution is -1.98. The summed E-state index contributed by atoms with van der Waals surface area (Å²) in [7, 11) is 0. The molecule has 208 valence electrons. The number of allylic oxidation sites excluding steroid dienone is 2. The first kappa shape index (κ1) is 30.2. The number of ether oxygens (including phenoxy) is 2. The van der Waals surface area contributed by atoms with Gasteiger partial charge in [-0.2, -0.15) is 0 Å². The number of aryl methyl sites for hydroxylation is 1. The van der Waals surface area contributed by atoms with Gasteiger partial charge in [-0.3, -0.25) is 0 Å². The second-order valence-electron chi connectivity index (χ2n) is 9.14. The SMILES string of the molecule is C=C(OCc1ccc(F)cc1)c1cc(/C(=C/C)CCC)ccc1F.Cc1cccnc1OCc1ccc(F)cc1. The summed E-state index contributed by atoms with van der Waals surface area (Å²) >= 11 is 0. The highest BCUT2D eigenvalue weighted by Crippen LogP contribution is 2.26. The van der Waals surface area contributed by atoms with E-state index < -0.39 is 0 Å². The van der Waals surface area contributed by atoms with E-state index in [2.05, 4.69) is 18.5 Å². The molecule has 0 fully saturated rings. The van der Waals surface area contributed by atoms with Gasteiger partial charge in [-0.1, -0.05) is 62.4 Å². The predicted octanol–water partition coefficient (Wildman–Crippen LogP) is 9.46. The van der Waals surface area contributed by atoms with Crippen LogP contribution in [0, 0.1) is 24.4 Å². The summed E-state index contributed by atoms with van der Waals surface area (Å²) in [4.78, 5) is 4.11. The summed E-state index contributed by atoms with van der Waals surface area (Å²) in [6, 6.07) is 21.0. The lowest BCUT2D eigenvalue weighted by Gasteiger charge is -2.13. The van der Waals surface area contributed by atoms with Crippen molar-refractivity contribution in [3.63, 3.8) is 0 Å². The molecule has 0 aliphatic rings. The maximum atomic E-state index is 14.1. The molecule has 0 atom stereocenters. The Kier molecular flexibility index (Phi) is 11.6. The van der Waals surface area contributed by atoms with Crippen LogP contribution in [0.2, 0.25) is 0 Å². The number of hydrogen-bond donors (Lipinski definition) is 0. The van der Waals surface area contributed by atoms with Crippen molar-refractivity contribution in [2.45, 2.75) is 46.8 Å². The average Bonchev–Trinajstić information content (AvgIpc) is 2.96. The zero-order chi connectivity index (χ0) is 28.9. The van der Waals surface area contributed by atoms with Crippen molar-refractivity contribution in [3.8, 4) is 5.88 Å². The van der Waals surface area contributed by atoms with Crippen LogP contribution >= 0.6 is 0 Å². The van der Waals surface area contributed by atoms with Gasteiger partial charge < -0.3 is 9.47 Å². The van der Waals surface area contributed by atoms with Crippen molar-refractivity contribution < 1.29 is 22.6 Å². The third-order valence-corrected chi connectivity index (χ3v) is 6.08. The largest absolute Gasteiger partial charge is 0.489 e. The molecule has 0 unspecified atom stereocenters. The van der Waals surface area contributed by atoms with Gasteiger partial charge in [0.1, 0.15) is 36.4 Å². The first-order chi connectivity index (χ1) is 19.3. The molecule has 4 rings (SSSR count). The Labute approximate surface area is 234 Å². The molecule has 0 radical (unpaired) electrons. The van der Waals surface area contributed by atoms with E-state index in [-0.39, 0.29) is 29.8 Å². The quantitative estimate of drug-likeness (QED) is 0.186. The Morgan fingerprint density at radius 2 is 1.50 bits per heavy atom. The van der Waals surface area contributed by atoms with Gasteiger partial charge in [0.25, 0.3) is 0 Å². The Morgan fingerprint density at radius 1 is 0.875 bits per heavy atom. The molecule has 0 spiro atoms. The van der Waals surface area contributed by atoms with Gasteiger partial charge in [-0.15, -0.1) is 0 Å². The molecule has 0 aliphatic heterocycles. The predicted molar refractivity (Wildman–Crippen MR) is 155 cm³/mol. The van der Waals surface area contributed by atoms with Crippen molar-refractivity contribution in [1.82, 2.24) is 4.98 Å². The van der Waals surface area contributed by atoms with Gasteiger partial charge in [0.2, 0.25) is 5.88 Å². The monoisotopic (exact) mass is 545 g/mol. The molecule has 3 nitrogen and oxygen atoms in total. The number of pyridine rings is 1. The average molecular weight is 546 g/mol. The number of benzene rings is 3. The van der Waals surface area contributed by atoms with Crippen molar-refractivity contribution in [2.75, 3.05) is 0 Å². The van der Waals surface area contributed by atoms with Gasteiger partial charge in [-0.25, -0.2) is 18.2 Å². The van der Waals surface area contributed by atoms with E-state index in [0.29, 0.717) is 18.1 Å². The molecule has 0 saturated carbocycles. The minimum atomic E-state index is -0.366. The van der Waals surface area contributed by atoms with E-state index >= 15 is 0 Å². The molecule has 0 aliphatic carbocycles. The molecule has 0 saturated heterocycles. The minimum absolute atomic E-state index is 0.216. The molecular weight excluding hydrogens is 511 g/mol. The summed E-state index contributed by atoms with van der Waals surface area (Å²) < 4.78 is 50.8. The van der Waals surface area contributed by atoms with Crippen molar-refractivity contribution >= 4 is 11.3 Å². The van der Waals surface area contributed by atoms with Crippen LogP contribution in [-0.2, 0) is 18.0 Å². The topological polar surface area (TPSA) is 31.4 Å². The van der Waals surface area contributed by atoms with E-state index in [9.17, 15) is 13.2 Å². The summed E-state index contributed by atoms with van der Waals surface area (Å²) in [6.45, 7) is 10.5. The van der Waals surface area contributed by atoms with Crippen LogP contribution in [0.3, 0.4) is 0 Å². The van der Waals surface area contributed by atoms with Gasteiger partial charge >= 0.3 is 0 Å². The minimum Gasteiger partial charge on any atom is -0.489 e. The third kappa shape index (κ3) is 9.16. The first-order valence-electron chi connectivity index (χ1n) is 13.1. The molecule has 4 aromatic rings. The van der Waals surface area contributed by atoms with E-state index in [1.54, 1.807) is 42.6 Å². The Hall–Kier alpha value is -4.32. The van der Waals surface area contributed by atoms with E-state index in [1.165, 1.54) is 35.9 Å². The Bertz CT molecular complexity index is 1410. The summed E-state index contributed by atoms with van der Waals surface area (Å²) in [5, 5.41) is 0. The van der Waals surface area contributed by atoms with Crippen LogP contribution in [0.4, 0.5) is 13.2 Å². The van der Waals surface area contributed by atoms with Crippen LogP contribution in [0.5, 0.6) is 5.88 Å². The van der Waals surface area contributed by atoms with E-state index in [0.717, 1.165) is 35.1 Å². The molecule has 1 heterocycles. The smallest absolute Gasteiger partial charge is 0.216 e. The Balaban J connectivity index is 0.000000238. The fraction of sp³-hybridized carbons (Fsp3) is 0.206. The molecule has 6 heteroatoms. The standard InChI is InChI=1S/C21H22F2O.C13H12FNO/c1-4-6-17(5-2)18-9-12-21(23)20(13-18)15(3)24-14-16-7-10-19(22)11-8-16;1-10-3-2-8-15-13(10)16-9-11-4-6-12(14)7-5-11/h5,7-13H,3-4,6,14H2,1-2H3;2-8H,9H2,1H3/b17-5+;. The molecule has 0 bridgehead atoms. The highest BCUT2D eigenvalue weighted by molar-refractivity contribution is 5.70. The lowest BCUT2D eigenvalue weighted by atomic mass is 9.98. The normalized spacial score (nSPS) is 10.9. The summed E-state index contributed by atoms with van der Waals surface area (Å²) in [5.41, 5.74) is 5.21. The number of rotatable bonds is 10. The lowest BCUT2D eigenvalue weighted by molar-refractivity contribution is 0.263. The second-order valence-corrected chi connectivity index (χ2v) is 9.14. The van der Waals surface area contributed by atoms with Gasteiger partial charge in [-0.05, 0) is 85.0 Å². The highest BCUT2D eigenvalue weighted by Gasteiger charge is 2.11. The number of aromatic nitrogens is 1. The maximum absolute atomic E-state index is 14.1. The van der Waals surface area contributed by atoms with E-state index in [1.807, 2.05) is 32.1 Å². The zero-order valence-electron chi connectivity index (χ0n) is 23.1. The van der Waals surface area contributed by atoms with Crippen LogP contribution in [0.25, 0.3) is 11.3 Å². The zero-order valence-corrected chi connectivity index (χ0v) is 23.1. The summed E-state index contributed by atoms with van der Waals surface area (Å²) in [5.74, 6) is -0.0174. The fourth-order valence-electron chi connectivity index (χ4n) is 3.85. The maximum Gasteiger partial charge on any atom is 0.216 e. The molecule has 0 amide bonds. The van der Waals surface area contributed by atoms with Crippen molar-refractivity contribution in [2.24, 2.45) is 0 Å². The van der Waals surface area contributed by atoms with Crippen LogP contribution < -0.4 is 4.74 Å². The highest BCUT2D eigenvalue weighted by atomic mass is 19.1. The van der Waals surface area contributed by atoms with Crippen LogP contribution in [0.1, 0.15) is 54.5 Å². The van der Waals surface area contributed by atoms with Gasteiger partial charge in [0.05, 0.1) is 5.56 Å². The Morgan fingerprint density at radius 3 is 2.08 bits per heavy atom. The number of hydrogen-bond acceptors (Lipinski definition) is 3. The van der Waals surface area contributed by atoms with Crippen LogP contribution in [0.15, 0.2) is 97.7 Å². The fourth-order valence-corrected chi connectivity index (χ4v) is 3.85. The first-order valence-corrected chi connectivity index (χ1v) is 13.1. The molecule has 1 aromatic heterocycles. The molecular formula is C34H34F3NO2. The molecule has 3 aromatic carbocycles. The molecule has 0 N–H and O–H groups in total. The van der Waals surface area contributed by atoms with Crippen LogP contribution in [-0.4, -0.2) is 4.98 Å². The summed E-state index contributed by atoms with van der Waals surface area (Å²) in [6.07, 6.45) is 5.69.